The minimum absolute atomic E-state index is 0.108. The van der Waals surface area contributed by atoms with Gasteiger partial charge in [-0.2, -0.15) is 0 Å². The average Bonchev–Trinajstić information content (AvgIpc) is 2.91. The predicted molar refractivity (Wildman–Crippen MR) is 102 cm³/mol. The molecular weight excluding hydrogens is 324 g/mol. The monoisotopic (exact) mass is 358 g/mol. The number of rotatable bonds is 3. The molecule has 1 N–H and O–H groups in total. The summed E-state index contributed by atoms with van der Waals surface area (Å²) in [5.74, 6) is 4.73. The summed E-state index contributed by atoms with van der Waals surface area (Å²) in [4.78, 5) is 0. The molecule has 0 saturated heterocycles. The Balaban J connectivity index is 1.58. The van der Waals surface area contributed by atoms with Gasteiger partial charge in [-0.15, -0.1) is 6.42 Å². The summed E-state index contributed by atoms with van der Waals surface area (Å²) in [6.45, 7) is 5.15. The highest BCUT2D eigenvalue weighted by atomic mass is 16.7. The van der Waals surface area contributed by atoms with Crippen LogP contribution in [0.25, 0.3) is 0 Å². The van der Waals surface area contributed by atoms with Crippen LogP contribution in [0.15, 0.2) is 11.6 Å². The van der Waals surface area contributed by atoms with Crippen LogP contribution in [0.5, 0.6) is 0 Å². The molecule has 0 spiro atoms. The fourth-order valence-electron chi connectivity index (χ4n) is 7.19. The lowest BCUT2D eigenvalue weighted by Crippen LogP contribution is -2.54. The SMILES string of the molecule is C#C[C@]1(O)CC[C@H]2[C@@H]3CC=C4C[C@@H](OCOC)CC[C@]4(C)[C@H]3CC[C@@]21C. The van der Waals surface area contributed by atoms with E-state index in [1.54, 1.807) is 12.7 Å². The van der Waals surface area contributed by atoms with Crippen molar-refractivity contribution in [1.82, 2.24) is 0 Å². The Labute approximate surface area is 158 Å². The minimum atomic E-state index is -0.904. The summed E-state index contributed by atoms with van der Waals surface area (Å²) in [7, 11) is 1.69. The highest BCUT2D eigenvalue weighted by molar-refractivity contribution is 5.28. The molecule has 4 rings (SSSR count). The average molecular weight is 359 g/mol. The van der Waals surface area contributed by atoms with Crippen molar-refractivity contribution < 1.29 is 14.6 Å². The second kappa shape index (κ2) is 6.36. The molecule has 144 valence electrons. The second-order valence-corrected chi connectivity index (χ2v) is 9.70. The Kier molecular flexibility index (Phi) is 4.54. The van der Waals surface area contributed by atoms with Gasteiger partial charge in [0.15, 0.2) is 0 Å². The van der Waals surface area contributed by atoms with Crippen LogP contribution in [0.2, 0.25) is 0 Å². The van der Waals surface area contributed by atoms with Gasteiger partial charge in [0.2, 0.25) is 0 Å². The van der Waals surface area contributed by atoms with Crippen LogP contribution in [0.3, 0.4) is 0 Å². The third-order valence-corrected chi connectivity index (χ3v) is 8.87. The van der Waals surface area contributed by atoms with Crippen molar-refractivity contribution >= 4 is 0 Å². The first-order valence-electron chi connectivity index (χ1n) is 10.4. The number of terminal acetylenes is 1. The van der Waals surface area contributed by atoms with E-state index >= 15 is 0 Å². The van der Waals surface area contributed by atoms with Crippen molar-refractivity contribution in [3.05, 3.63) is 11.6 Å². The molecule has 0 amide bonds. The zero-order chi connectivity index (χ0) is 18.6. The van der Waals surface area contributed by atoms with Crippen LogP contribution >= 0.6 is 0 Å². The Hall–Kier alpha value is -0.820. The first kappa shape index (κ1) is 18.5. The molecule has 0 aromatic heterocycles. The molecule has 0 aromatic rings. The van der Waals surface area contributed by atoms with Crippen LogP contribution in [0, 0.1) is 40.9 Å². The third-order valence-electron chi connectivity index (χ3n) is 8.87. The summed E-state index contributed by atoms with van der Waals surface area (Å²) in [6, 6.07) is 0. The molecule has 0 bridgehead atoms. The number of ether oxygens (including phenoxy) is 2. The van der Waals surface area contributed by atoms with Gasteiger partial charge in [0.25, 0.3) is 0 Å². The highest BCUT2D eigenvalue weighted by Crippen LogP contribution is 2.67. The quantitative estimate of drug-likeness (QED) is 0.464. The van der Waals surface area contributed by atoms with Gasteiger partial charge in [-0.05, 0) is 74.5 Å². The van der Waals surface area contributed by atoms with Gasteiger partial charge in [-0.25, -0.2) is 0 Å². The van der Waals surface area contributed by atoms with E-state index in [2.05, 4.69) is 25.8 Å². The normalized spacial score (nSPS) is 50.2. The zero-order valence-corrected chi connectivity index (χ0v) is 16.6. The van der Waals surface area contributed by atoms with Crippen LogP contribution in [0.4, 0.5) is 0 Å². The van der Waals surface area contributed by atoms with Crippen molar-refractivity contribution in [2.45, 2.75) is 76.9 Å². The van der Waals surface area contributed by atoms with Crippen molar-refractivity contribution in [3.8, 4) is 12.3 Å². The Morgan fingerprint density at radius 1 is 1.19 bits per heavy atom. The van der Waals surface area contributed by atoms with Gasteiger partial charge < -0.3 is 14.6 Å². The minimum Gasteiger partial charge on any atom is -0.377 e. The van der Waals surface area contributed by atoms with E-state index in [1.807, 2.05) is 0 Å². The molecule has 4 aliphatic rings. The molecule has 0 unspecified atom stereocenters. The maximum absolute atomic E-state index is 11.1. The van der Waals surface area contributed by atoms with Gasteiger partial charge in [0.05, 0.1) is 6.10 Å². The van der Waals surface area contributed by atoms with E-state index in [-0.39, 0.29) is 5.41 Å². The summed E-state index contributed by atoms with van der Waals surface area (Å²) in [6.07, 6.45) is 17.2. The van der Waals surface area contributed by atoms with Crippen LogP contribution in [0.1, 0.15) is 65.2 Å². The van der Waals surface area contributed by atoms with E-state index < -0.39 is 5.60 Å². The molecule has 7 atom stereocenters. The first-order chi connectivity index (χ1) is 12.4. The third kappa shape index (κ3) is 2.45. The van der Waals surface area contributed by atoms with Gasteiger partial charge in [-0.1, -0.05) is 31.4 Å². The van der Waals surface area contributed by atoms with Crippen molar-refractivity contribution in [1.29, 1.82) is 0 Å². The van der Waals surface area contributed by atoms with E-state index in [0.29, 0.717) is 30.1 Å². The summed E-state index contributed by atoms with van der Waals surface area (Å²) in [5.41, 5.74) is 0.899. The van der Waals surface area contributed by atoms with Gasteiger partial charge in [-0.3, -0.25) is 0 Å². The second-order valence-electron chi connectivity index (χ2n) is 9.70. The fraction of sp³-hybridized carbons (Fsp3) is 0.826. The summed E-state index contributed by atoms with van der Waals surface area (Å²) >= 11 is 0. The fourth-order valence-corrected chi connectivity index (χ4v) is 7.19. The van der Waals surface area contributed by atoms with Crippen LogP contribution < -0.4 is 0 Å². The lowest BCUT2D eigenvalue weighted by atomic mass is 9.47. The lowest BCUT2D eigenvalue weighted by molar-refractivity contribution is -0.111. The molecule has 3 nitrogen and oxygen atoms in total. The molecule has 3 saturated carbocycles. The van der Waals surface area contributed by atoms with Gasteiger partial charge in [0.1, 0.15) is 12.4 Å². The van der Waals surface area contributed by atoms with Gasteiger partial charge >= 0.3 is 0 Å². The van der Waals surface area contributed by atoms with Crippen molar-refractivity contribution in [2.75, 3.05) is 13.9 Å². The van der Waals surface area contributed by atoms with Crippen molar-refractivity contribution in [3.63, 3.8) is 0 Å². The molecule has 4 aliphatic carbocycles. The molecule has 3 heteroatoms. The first-order valence-corrected chi connectivity index (χ1v) is 10.4. The number of methoxy groups -OCH3 is 1. The molecule has 0 radical (unpaired) electrons. The predicted octanol–water partition coefficient (Wildman–Crippen LogP) is 4.30. The lowest BCUT2D eigenvalue weighted by Gasteiger charge is -2.58. The summed E-state index contributed by atoms with van der Waals surface area (Å²) in [5, 5.41) is 11.1. The zero-order valence-electron chi connectivity index (χ0n) is 16.6. The highest BCUT2D eigenvalue weighted by Gasteiger charge is 2.63. The number of hydrogen-bond donors (Lipinski definition) is 1. The standard InChI is InChI=1S/C23H34O3/c1-5-23(24)13-10-20-18-7-6-16-14-17(26-15-25-4)8-11-21(16,2)19(18)9-12-22(20,23)3/h1,6,17-20,24H,7-15H2,2-4H3/t17-,18+,19-,20-,21-,22-,23-/m0/s1. The Morgan fingerprint density at radius 2 is 1.96 bits per heavy atom. The maximum Gasteiger partial charge on any atom is 0.146 e. The van der Waals surface area contributed by atoms with Crippen LogP contribution in [-0.2, 0) is 9.47 Å². The molecule has 0 heterocycles. The summed E-state index contributed by atoms with van der Waals surface area (Å²) < 4.78 is 11.0. The molecule has 3 fully saturated rings. The molecule has 0 aromatic carbocycles. The van der Waals surface area contributed by atoms with Crippen molar-refractivity contribution in [2.24, 2.45) is 28.6 Å². The Bertz CT molecular complexity index is 634. The number of aliphatic hydroxyl groups is 1. The maximum atomic E-state index is 11.1. The smallest absolute Gasteiger partial charge is 0.146 e. The molecule has 26 heavy (non-hydrogen) atoms. The number of hydrogen-bond acceptors (Lipinski definition) is 3. The number of allylic oxidation sites excluding steroid dienone is 1. The largest absolute Gasteiger partial charge is 0.377 e. The topological polar surface area (TPSA) is 38.7 Å². The molecule has 0 aliphatic heterocycles. The van der Waals surface area contributed by atoms with E-state index in [4.69, 9.17) is 15.9 Å². The molecular formula is C23H34O3. The van der Waals surface area contributed by atoms with E-state index in [1.165, 1.54) is 12.8 Å². The van der Waals surface area contributed by atoms with Gasteiger partial charge in [0, 0.05) is 12.5 Å². The Morgan fingerprint density at radius 3 is 2.69 bits per heavy atom. The van der Waals surface area contributed by atoms with Crippen LogP contribution in [-0.4, -0.2) is 30.7 Å². The van der Waals surface area contributed by atoms with E-state index in [0.717, 1.165) is 44.4 Å². The van der Waals surface area contributed by atoms with E-state index in [9.17, 15) is 5.11 Å². The number of fused-ring (bicyclic) bond motifs is 5.